The fourth-order valence-electron chi connectivity index (χ4n) is 0.885. The van der Waals surface area contributed by atoms with Crippen LogP contribution < -0.4 is 5.73 Å². The Kier molecular flexibility index (Phi) is 2.69. The molecular formula is C10H12N2O. The Balaban J connectivity index is 2.80. The maximum atomic E-state index is 10.7. The van der Waals surface area contributed by atoms with Gasteiger partial charge in [-0.15, -0.1) is 0 Å². The Bertz CT molecular complexity index is 361. The van der Waals surface area contributed by atoms with E-state index in [0.29, 0.717) is 5.69 Å². The maximum absolute atomic E-state index is 10.7. The summed E-state index contributed by atoms with van der Waals surface area (Å²) < 4.78 is 0. The van der Waals surface area contributed by atoms with Crippen LogP contribution in [0.2, 0.25) is 0 Å². The number of nitrogens with one attached hydrogen (secondary N) is 1. The molecule has 0 radical (unpaired) electrons. The van der Waals surface area contributed by atoms with Crippen molar-refractivity contribution in [2.75, 3.05) is 0 Å². The molecule has 0 aliphatic carbocycles. The van der Waals surface area contributed by atoms with Crippen molar-refractivity contribution in [3.8, 4) is 0 Å². The minimum absolute atomic E-state index is 0.418. The van der Waals surface area contributed by atoms with Crippen molar-refractivity contribution in [2.24, 2.45) is 5.73 Å². The summed E-state index contributed by atoms with van der Waals surface area (Å²) in [4.78, 5) is 13.6. The highest BCUT2D eigenvalue weighted by Gasteiger charge is 2.00. The molecule has 0 aliphatic rings. The van der Waals surface area contributed by atoms with Crippen molar-refractivity contribution in [1.82, 2.24) is 4.98 Å². The smallest absolute Gasteiger partial charge is 0.265 e. The summed E-state index contributed by atoms with van der Waals surface area (Å²) in [6.45, 7) is 5.62. The number of hydrogen-bond donors (Lipinski definition) is 2. The number of amides is 1. The number of allylic oxidation sites excluding steroid dienone is 2. The van der Waals surface area contributed by atoms with Gasteiger partial charge in [-0.2, -0.15) is 0 Å². The molecule has 1 amide bonds. The van der Waals surface area contributed by atoms with Gasteiger partial charge in [-0.3, -0.25) is 4.79 Å². The van der Waals surface area contributed by atoms with E-state index in [1.807, 2.05) is 19.1 Å². The summed E-state index contributed by atoms with van der Waals surface area (Å²) >= 11 is 0. The van der Waals surface area contributed by atoms with Gasteiger partial charge in [-0.1, -0.05) is 18.2 Å². The molecule has 0 unspecified atom stereocenters. The van der Waals surface area contributed by atoms with E-state index in [1.165, 1.54) is 0 Å². The molecule has 0 spiro atoms. The zero-order valence-electron chi connectivity index (χ0n) is 7.50. The average molecular weight is 176 g/mol. The molecule has 1 heterocycles. The number of hydrogen-bond acceptors (Lipinski definition) is 1. The molecule has 13 heavy (non-hydrogen) atoms. The van der Waals surface area contributed by atoms with Gasteiger partial charge in [0.1, 0.15) is 5.69 Å². The van der Waals surface area contributed by atoms with Crippen LogP contribution in [0, 0.1) is 0 Å². The molecule has 1 rings (SSSR count). The largest absolute Gasteiger partial charge is 0.364 e. The number of nitrogens with two attached hydrogens (primary N) is 1. The number of carbonyl (C=O) groups is 1. The van der Waals surface area contributed by atoms with Crippen molar-refractivity contribution >= 4 is 12.0 Å². The van der Waals surface area contributed by atoms with Crippen LogP contribution in [0.4, 0.5) is 0 Å². The molecule has 0 saturated carbocycles. The normalized spacial score (nSPS) is 10.5. The molecule has 0 saturated heterocycles. The molecule has 0 bridgehead atoms. The Hall–Kier alpha value is -1.77. The fourth-order valence-corrected chi connectivity index (χ4v) is 0.885. The lowest BCUT2D eigenvalue weighted by Crippen LogP contribution is -2.10. The second-order valence-electron chi connectivity index (χ2n) is 2.87. The summed E-state index contributed by atoms with van der Waals surface area (Å²) in [6.07, 6.45) is 3.70. The minimum Gasteiger partial charge on any atom is -0.364 e. The van der Waals surface area contributed by atoms with E-state index in [-0.39, 0.29) is 0 Å². The Labute approximate surface area is 77.0 Å². The van der Waals surface area contributed by atoms with Crippen LogP contribution in [0.5, 0.6) is 0 Å². The number of aromatic amines is 1. The lowest BCUT2D eigenvalue weighted by atomic mass is 10.3. The molecule has 1 aromatic rings. The third kappa shape index (κ3) is 2.63. The van der Waals surface area contributed by atoms with Crippen molar-refractivity contribution in [1.29, 1.82) is 0 Å². The standard InChI is InChI=1S/C10H12N2O/c1-7(2)3-4-8-5-6-9(12-8)10(11)13/h3-6,12H,1H2,2H3,(H2,11,13)/b4-3-. The molecule has 0 fully saturated rings. The van der Waals surface area contributed by atoms with E-state index in [0.717, 1.165) is 11.3 Å². The monoisotopic (exact) mass is 176 g/mol. The van der Waals surface area contributed by atoms with Crippen LogP contribution in [-0.2, 0) is 0 Å². The van der Waals surface area contributed by atoms with Gasteiger partial charge in [0.2, 0.25) is 0 Å². The first-order valence-corrected chi connectivity index (χ1v) is 3.92. The average Bonchev–Trinajstić information content (AvgIpc) is 2.48. The SMILES string of the molecule is C=C(C)/C=C\c1ccc(C(N)=O)[nH]1. The third-order valence-corrected chi connectivity index (χ3v) is 1.52. The molecule has 0 aromatic carbocycles. The highest BCUT2D eigenvalue weighted by molar-refractivity contribution is 5.91. The number of carbonyl (C=O) groups excluding carboxylic acids is 1. The van der Waals surface area contributed by atoms with Crippen molar-refractivity contribution in [3.05, 3.63) is 41.7 Å². The van der Waals surface area contributed by atoms with E-state index in [4.69, 9.17) is 5.73 Å². The summed E-state index contributed by atoms with van der Waals surface area (Å²) in [6, 6.07) is 3.44. The molecule has 3 heteroatoms. The van der Waals surface area contributed by atoms with E-state index in [1.54, 1.807) is 12.1 Å². The number of primary amides is 1. The lowest BCUT2D eigenvalue weighted by molar-refractivity contribution is 0.0996. The summed E-state index contributed by atoms with van der Waals surface area (Å²) in [5, 5.41) is 0. The van der Waals surface area contributed by atoms with Gasteiger partial charge in [0, 0.05) is 5.69 Å². The molecule has 3 N–H and O–H groups in total. The van der Waals surface area contributed by atoms with E-state index < -0.39 is 5.91 Å². The minimum atomic E-state index is -0.449. The fraction of sp³-hybridized carbons (Fsp3) is 0.100. The van der Waals surface area contributed by atoms with Crippen LogP contribution in [-0.4, -0.2) is 10.9 Å². The van der Waals surface area contributed by atoms with Crippen molar-refractivity contribution in [3.63, 3.8) is 0 Å². The van der Waals surface area contributed by atoms with Gasteiger partial charge in [-0.25, -0.2) is 0 Å². The molecule has 3 nitrogen and oxygen atoms in total. The van der Waals surface area contributed by atoms with Gasteiger partial charge in [-0.05, 0) is 25.1 Å². The second kappa shape index (κ2) is 3.76. The van der Waals surface area contributed by atoms with E-state index >= 15 is 0 Å². The Morgan fingerprint density at radius 2 is 2.31 bits per heavy atom. The maximum Gasteiger partial charge on any atom is 0.265 e. The summed E-state index contributed by atoms with van der Waals surface area (Å²) in [5.41, 5.74) is 7.29. The first-order valence-electron chi connectivity index (χ1n) is 3.92. The summed E-state index contributed by atoms with van der Waals surface area (Å²) in [7, 11) is 0. The zero-order valence-corrected chi connectivity index (χ0v) is 7.50. The molecule has 68 valence electrons. The summed E-state index contributed by atoms with van der Waals surface area (Å²) in [5.74, 6) is -0.449. The highest BCUT2D eigenvalue weighted by atomic mass is 16.1. The Morgan fingerprint density at radius 1 is 1.62 bits per heavy atom. The van der Waals surface area contributed by atoms with Gasteiger partial charge < -0.3 is 10.7 Å². The van der Waals surface area contributed by atoms with Gasteiger partial charge in [0.15, 0.2) is 0 Å². The zero-order chi connectivity index (χ0) is 9.84. The third-order valence-electron chi connectivity index (χ3n) is 1.52. The van der Waals surface area contributed by atoms with Crippen LogP contribution in [0.15, 0.2) is 30.4 Å². The van der Waals surface area contributed by atoms with Gasteiger partial charge >= 0.3 is 0 Å². The van der Waals surface area contributed by atoms with Crippen molar-refractivity contribution in [2.45, 2.75) is 6.92 Å². The number of H-pyrrole nitrogens is 1. The van der Waals surface area contributed by atoms with Crippen molar-refractivity contribution < 1.29 is 4.79 Å². The first-order chi connectivity index (χ1) is 6.09. The highest BCUT2D eigenvalue weighted by Crippen LogP contribution is 2.04. The first kappa shape index (κ1) is 9.32. The second-order valence-corrected chi connectivity index (χ2v) is 2.87. The predicted octanol–water partition coefficient (Wildman–Crippen LogP) is 1.70. The molecule has 0 atom stereocenters. The predicted molar refractivity (Wildman–Crippen MR) is 53.2 cm³/mol. The van der Waals surface area contributed by atoms with E-state index in [9.17, 15) is 4.79 Å². The van der Waals surface area contributed by atoms with Crippen LogP contribution in [0.3, 0.4) is 0 Å². The van der Waals surface area contributed by atoms with Gasteiger partial charge in [0.05, 0.1) is 0 Å². The molecule has 0 aliphatic heterocycles. The van der Waals surface area contributed by atoms with Crippen LogP contribution >= 0.6 is 0 Å². The Morgan fingerprint density at radius 3 is 2.77 bits per heavy atom. The number of aromatic nitrogens is 1. The topological polar surface area (TPSA) is 58.9 Å². The molecule has 1 aromatic heterocycles. The quantitative estimate of drug-likeness (QED) is 0.676. The number of rotatable bonds is 3. The lowest BCUT2D eigenvalue weighted by Gasteiger charge is -1.88. The van der Waals surface area contributed by atoms with Gasteiger partial charge in [0.25, 0.3) is 5.91 Å². The van der Waals surface area contributed by atoms with Crippen LogP contribution in [0.25, 0.3) is 6.08 Å². The van der Waals surface area contributed by atoms with Crippen LogP contribution in [0.1, 0.15) is 23.1 Å². The van der Waals surface area contributed by atoms with E-state index in [2.05, 4.69) is 11.6 Å². The molecular weight excluding hydrogens is 164 g/mol.